The fourth-order valence-corrected chi connectivity index (χ4v) is 2.40. The molecule has 6 heteroatoms. The summed E-state index contributed by atoms with van der Waals surface area (Å²) in [5, 5.41) is 0. The Morgan fingerprint density at radius 1 is 1.04 bits per heavy atom. The second-order valence-electron chi connectivity index (χ2n) is 6.44. The van der Waals surface area contributed by atoms with Gasteiger partial charge in [-0.2, -0.15) is 0 Å². The standard InChI is InChI=1S/C18H26N2O4/c1-14(2)17(21)23-13-24-18(22)16-6-4-15(5-7-16)12-20-10-8-19(3)9-11-20/h4-7,14H,8-13H2,1-3H3. The van der Waals surface area contributed by atoms with Crippen LogP contribution in [0.15, 0.2) is 24.3 Å². The van der Waals surface area contributed by atoms with E-state index in [9.17, 15) is 9.59 Å². The number of benzene rings is 1. The first-order chi connectivity index (χ1) is 11.5. The van der Waals surface area contributed by atoms with E-state index >= 15 is 0 Å². The van der Waals surface area contributed by atoms with Gasteiger partial charge >= 0.3 is 11.9 Å². The maximum Gasteiger partial charge on any atom is 0.340 e. The average molecular weight is 334 g/mol. The van der Waals surface area contributed by atoms with Crippen molar-refractivity contribution in [2.75, 3.05) is 40.0 Å². The van der Waals surface area contributed by atoms with Crippen LogP contribution in [0.3, 0.4) is 0 Å². The van der Waals surface area contributed by atoms with Crippen LogP contribution in [-0.4, -0.2) is 61.8 Å². The fourth-order valence-electron chi connectivity index (χ4n) is 2.40. The first kappa shape index (κ1) is 18.4. The number of esters is 2. The van der Waals surface area contributed by atoms with Crippen molar-refractivity contribution in [1.82, 2.24) is 9.80 Å². The first-order valence-electron chi connectivity index (χ1n) is 8.29. The van der Waals surface area contributed by atoms with Crippen molar-refractivity contribution in [2.45, 2.75) is 20.4 Å². The lowest BCUT2D eigenvalue weighted by molar-refractivity contribution is -0.155. The van der Waals surface area contributed by atoms with Crippen molar-refractivity contribution in [3.8, 4) is 0 Å². The van der Waals surface area contributed by atoms with Crippen LogP contribution in [-0.2, 0) is 20.8 Å². The molecule has 6 nitrogen and oxygen atoms in total. The maximum absolute atomic E-state index is 11.9. The topological polar surface area (TPSA) is 59.1 Å². The molecule has 0 radical (unpaired) electrons. The van der Waals surface area contributed by atoms with Crippen LogP contribution in [0.5, 0.6) is 0 Å². The maximum atomic E-state index is 11.9. The minimum Gasteiger partial charge on any atom is -0.428 e. The van der Waals surface area contributed by atoms with E-state index < -0.39 is 5.97 Å². The predicted molar refractivity (Wildman–Crippen MR) is 90.4 cm³/mol. The lowest BCUT2D eigenvalue weighted by Gasteiger charge is -2.32. The van der Waals surface area contributed by atoms with Gasteiger partial charge in [0.1, 0.15) is 0 Å². The van der Waals surface area contributed by atoms with Gasteiger partial charge < -0.3 is 14.4 Å². The molecule has 132 valence electrons. The highest BCUT2D eigenvalue weighted by atomic mass is 16.7. The van der Waals surface area contributed by atoms with Gasteiger partial charge in [-0.15, -0.1) is 0 Å². The molecule has 0 aromatic heterocycles. The van der Waals surface area contributed by atoms with Crippen LogP contribution in [0.1, 0.15) is 29.8 Å². The Labute approximate surface area is 143 Å². The molecule has 1 aliphatic heterocycles. The van der Waals surface area contributed by atoms with Crippen molar-refractivity contribution in [1.29, 1.82) is 0 Å². The van der Waals surface area contributed by atoms with Crippen LogP contribution in [0.4, 0.5) is 0 Å². The average Bonchev–Trinajstić information content (AvgIpc) is 2.57. The smallest absolute Gasteiger partial charge is 0.340 e. The predicted octanol–water partition coefficient (Wildman–Crippen LogP) is 1.75. The number of nitrogens with zero attached hydrogens (tertiary/aromatic N) is 2. The molecule has 0 atom stereocenters. The van der Waals surface area contributed by atoms with E-state index in [-0.39, 0.29) is 18.7 Å². The molecule has 2 rings (SSSR count). The van der Waals surface area contributed by atoms with Gasteiger partial charge in [-0.1, -0.05) is 26.0 Å². The molecule has 0 unspecified atom stereocenters. The van der Waals surface area contributed by atoms with E-state index in [1.807, 2.05) is 12.1 Å². The lowest BCUT2D eigenvalue weighted by atomic mass is 10.1. The van der Waals surface area contributed by atoms with Gasteiger partial charge in [-0.3, -0.25) is 9.69 Å². The summed E-state index contributed by atoms with van der Waals surface area (Å²) in [6.45, 7) is 8.27. The summed E-state index contributed by atoms with van der Waals surface area (Å²) in [4.78, 5) is 27.9. The zero-order chi connectivity index (χ0) is 17.5. The van der Waals surface area contributed by atoms with Gasteiger partial charge in [0, 0.05) is 32.7 Å². The van der Waals surface area contributed by atoms with E-state index in [4.69, 9.17) is 9.47 Å². The minimum absolute atomic E-state index is 0.238. The summed E-state index contributed by atoms with van der Waals surface area (Å²) >= 11 is 0. The number of rotatable bonds is 6. The summed E-state index contributed by atoms with van der Waals surface area (Å²) < 4.78 is 9.79. The van der Waals surface area contributed by atoms with E-state index in [0.717, 1.165) is 32.7 Å². The van der Waals surface area contributed by atoms with Gasteiger partial charge in [0.15, 0.2) is 0 Å². The second kappa shape index (κ2) is 8.80. The normalized spacial score (nSPS) is 16.2. The Balaban J connectivity index is 1.78. The quantitative estimate of drug-likeness (QED) is 0.583. The van der Waals surface area contributed by atoms with Crippen LogP contribution in [0, 0.1) is 5.92 Å². The lowest BCUT2D eigenvalue weighted by Crippen LogP contribution is -2.43. The molecule has 0 spiro atoms. The van der Waals surface area contributed by atoms with Gasteiger partial charge in [0.25, 0.3) is 0 Å². The van der Waals surface area contributed by atoms with Crippen molar-refractivity contribution in [3.63, 3.8) is 0 Å². The molecule has 0 aliphatic carbocycles. The largest absolute Gasteiger partial charge is 0.428 e. The van der Waals surface area contributed by atoms with Crippen molar-refractivity contribution in [2.24, 2.45) is 5.92 Å². The zero-order valence-electron chi connectivity index (χ0n) is 14.7. The number of carbonyl (C=O) groups is 2. The molecule has 1 heterocycles. The molecule has 0 bridgehead atoms. The summed E-state index contributed by atoms with van der Waals surface area (Å²) in [6.07, 6.45) is 0. The fraction of sp³-hybridized carbons (Fsp3) is 0.556. The summed E-state index contributed by atoms with van der Waals surface area (Å²) in [6, 6.07) is 7.38. The summed E-state index contributed by atoms with van der Waals surface area (Å²) in [7, 11) is 2.14. The Morgan fingerprint density at radius 3 is 2.25 bits per heavy atom. The summed E-state index contributed by atoms with van der Waals surface area (Å²) in [5.41, 5.74) is 1.63. The molecule has 1 aromatic rings. The molecular formula is C18H26N2O4. The molecule has 0 amide bonds. The van der Waals surface area contributed by atoms with Gasteiger partial charge in [-0.25, -0.2) is 4.79 Å². The minimum atomic E-state index is -0.488. The molecule has 0 saturated carbocycles. The summed E-state index contributed by atoms with van der Waals surface area (Å²) in [5.74, 6) is -1.11. The molecule has 0 N–H and O–H groups in total. The van der Waals surface area contributed by atoms with Gasteiger partial charge in [0.2, 0.25) is 6.79 Å². The second-order valence-corrected chi connectivity index (χ2v) is 6.44. The number of hydrogen-bond donors (Lipinski definition) is 0. The molecule has 1 saturated heterocycles. The van der Waals surface area contributed by atoms with Gasteiger partial charge in [-0.05, 0) is 24.7 Å². The number of ether oxygens (including phenoxy) is 2. The SMILES string of the molecule is CC(C)C(=O)OCOC(=O)c1ccc(CN2CCN(C)CC2)cc1. The molecule has 24 heavy (non-hydrogen) atoms. The Hall–Kier alpha value is -1.92. The number of likely N-dealkylation sites (N-methyl/N-ethyl adjacent to an activating group) is 1. The molecule has 1 fully saturated rings. The number of carbonyl (C=O) groups excluding carboxylic acids is 2. The van der Waals surface area contributed by atoms with E-state index in [1.54, 1.807) is 26.0 Å². The van der Waals surface area contributed by atoms with Crippen molar-refractivity contribution >= 4 is 11.9 Å². The van der Waals surface area contributed by atoms with Crippen molar-refractivity contribution in [3.05, 3.63) is 35.4 Å². The van der Waals surface area contributed by atoms with Crippen molar-refractivity contribution < 1.29 is 19.1 Å². The Kier molecular flexibility index (Phi) is 6.75. The monoisotopic (exact) mass is 334 g/mol. The highest BCUT2D eigenvalue weighted by Gasteiger charge is 2.15. The molecular weight excluding hydrogens is 308 g/mol. The van der Waals surface area contributed by atoms with Crippen LogP contribution in [0.25, 0.3) is 0 Å². The highest BCUT2D eigenvalue weighted by Crippen LogP contribution is 2.10. The number of hydrogen-bond acceptors (Lipinski definition) is 6. The van der Waals surface area contributed by atoms with Crippen LogP contribution < -0.4 is 0 Å². The van der Waals surface area contributed by atoms with Crippen LogP contribution in [0.2, 0.25) is 0 Å². The third-order valence-electron chi connectivity index (χ3n) is 4.05. The molecule has 1 aliphatic rings. The van der Waals surface area contributed by atoms with E-state index in [1.165, 1.54) is 5.56 Å². The van der Waals surface area contributed by atoms with Gasteiger partial charge in [0.05, 0.1) is 11.5 Å². The third-order valence-corrected chi connectivity index (χ3v) is 4.05. The Bertz CT molecular complexity index is 549. The highest BCUT2D eigenvalue weighted by molar-refractivity contribution is 5.89. The van der Waals surface area contributed by atoms with E-state index in [2.05, 4.69) is 16.8 Å². The van der Waals surface area contributed by atoms with E-state index in [0.29, 0.717) is 5.56 Å². The number of piperazine rings is 1. The Morgan fingerprint density at radius 2 is 1.67 bits per heavy atom. The zero-order valence-corrected chi connectivity index (χ0v) is 14.7. The first-order valence-corrected chi connectivity index (χ1v) is 8.29. The molecule has 1 aromatic carbocycles. The van der Waals surface area contributed by atoms with Crippen LogP contribution >= 0.6 is 0 Å². The third kappa shape index (κ3) is 5.62.